The summed E-state index contributed by atoms with van der Waals surface area (Å²) in [5.74, 6) is 0.163. The fraction of sp³-hybridized carbons (Fsp3) is 0.500. The standard InChI is InChI=1S/C16H23NO2S/c18-20(19,14-12-16-9-5-2-6-10-16)17-13-11-15-7-3-1-4-8-15/h2,5-7,9-10,17H,1,3-4,8,11-14H2. The number of sulfonamides is 1. The van der Waals surface area contributed by atoms with Crippen LogP contribution in [0.3, 0.4) is 0 Å². The molecule has 0 saturated carbocycles. The minimum absolute atomic E-state index is 0.163. The number of hydrogen-bond acceptors (Lipinski definition) is 2. The second kappa shape index (κ2) is 7.60. The molecule has 0 amide bonds. The Balaban J connectivity index is 1.72. The maximum Gasteiger partial charge on any atom is 0.211 e. The smallest absolute Gasteiger partial charge is 0.211 e. The SMILES string of the molecule is O=S(=O)(CCc1ccccc1)NCCC1=CCCCC1. The minimum Gasteiger partial charge on any atom is -0.215 e. The number of nitrogens with one attached hydrogen (secondary N) is 1. The molecule has 0 atom stereocenters. The van der Waals surface area contributed by atoms with Crippen LogP contribution in [0, 0.1) is 0 Å². The molecule has 0 saturated heterocycles. The van der Waals surface area contributed by atoms with Crippen LogP contribution in [0.1, 0.15) is 37.7 Å². The molecule has 110 valence electrons. The summed E-state index contributed by atoms with van der Waals surface area (Å²) < 4.78 is 26.5. The first-order valence-electron chi connectivity index (χ1n) is 7.35. The summed E-state index contributed by atoms with van der Waals surface area (Å²) in [6.45, 7) is 0.531. The molecule has 0 radical (unpaired) electrons. The Kier molecular flexibility index (Phi) is 5.80. The Bertz CT molecular complexity index is 535. The highest BCUT2D eigenvalue weighted by atomic mass is 32.2. The fourth-order valence-electron chi connectivity index (χ4n) is 2.47. The maximum atomic E-state index is 11.9. The first-order valence-corrected chi connectivity index (χ1v) is 9.00. The van der Waals surface area contributed by atoms with Crippen molar-refractivity contribution >= 4 is 10.0 Å². The van der Waals surface area contributed by atoms with Crippen molar-refractivity contribution in [3.05, 3.63) is 47.5 Å². The normalized spacial score (nSPS) is 15.9. The van der Waals surface area contributed by atoms with Crippen molar-refractivity contribution in [2.45, 2.75) is 38.5 Å². The molecule has 1 aliphatic carbocycles. The predicted octanol–water partition coefficient (Wildman–Crippen LogP) is 3.04. The fourth-order valence-corrected chi connectivity index (χ4v) is 3.53. The third-order valence-corrected chi connectivity index (χ3v) is 5.04. The molecule has 1 N–H and O–H groups in total. The van der Waals surface area contributed by atoms with Crippen molar-refractivity contribution in [2.24, 2.45) is 0 Å². The van der Waals surface area contributed by atoms with E-state index in [2.05, 4.69) is 10.8 Å². The molecule has 0 bridgehead atoms. The van der Waals surface area contributed by atoms with Gasteiger partial charge >= 0.3 is 0 Å². The quantitative estimate of drug-likeness (QED) is 0.785. The highest BCUT2D eigenvalue weighted by Gasteiger charge is 2.10. The van der Waals surface area contributed by atoms with E-state index >= 15 is 0 Å². The molecular formula is C16H23NO2S. The summed E-state index contributed by atoms with van der Waals surface area (Å²) in [5.41, 5.74) is 2.47. The average molecular weight is 293 g/mol. The van der Waals surface area contributed by atoms with E-state index in [-0.39, 0.29) is 5.75 Å². The van der Waals surface area contributed by atoms with Gasteiger partial charge in [-0.15, -0.1) is 0 Å². The van der Waals surface area contributed by atoms with E-state index in [9.17, 15) is 8.42 Å². The summed E-state index contributed by atoms with van der Waals surface area (Å²) in [6.07, 6.45) is 8.48. The van der Waals surface area contributed by atoms with Crippen LogP contribution >= 0.6 is 0 Å². The van der Waals surface area contributed by atoms with Gasteiger partial charge < -0.3 is 0 Å². The predicted molar refractivity (Wildman–Crippen MR) is 83.1 cm³/mol. The molecule has 4 heteroatoms. The summed E-state index contributed by atoms with van der Waals surface area (Å²) in [4.78, 5) is 0. The van der Waals surface area contributed by atoms with Gasteiger partial charge in [-0.3, -0.25) is 0 Å². The highest BCUT2D eigenvalue weighted by molar-refractivity contribution is 7.89. The lowest BCUT2D eigenvalue weighted by atomic mass is 9.97. The van der Waals surface area contributed by atoms with Crippen molar-refractivity contribution in [2.75, 3.05) is 12.3 Å². The molecule has 0 heterocycles. The van der Waals surface area contributed by atoms with Crippen LogP contribution in [0.25, 0.3) is 0 Å². The molecule has 1 aromatic rings. The molecule has 1 aromatic carbocycles. The second-order valence-electron chi connectivity index (χ2n) is 5.31. The van der Waals surface area contributed by atoms with Crippen molar-refractivity contribution in [3.8, 4) is 0 Å². The van der Waals surface area contributed by atoms with Crippen LogP contribution in [0.4, 0.5) is 0 Å². The zero-order valence-corrected chi connectivity index (χ0v) is 12.7. The lowest BCUT2D eigenvalue weighted by Crippen LogP contribution is -2.28. The van der Waals surface area contributed by atoms with Gasteiger partial charge in [0.15, 0.2) is 0 Å². The van der Waals surface area contributed by atoms with Gasteiger partial charge in [0.1, 0.15) is 0 Å². The largest absolute Gasteiger partial charge is 0.215 e. The number of rotatable bonds is 7. The zero-order valence-electron chi connectivity index (χ0n) is 11.8. The Hall–Kier alpha value is -1.13. The first-order chi connectivity index (χ1) is 9.66. The van der Waals surface area contributed by atoms with Gasteiger partial charge in [-0.2, -0.15) is 0 Å². The van der Waals surface area contributed by atoms with Crippen LogP contribution in [0.15, 0.2) is 42.0 Å². The Morgan fingerprint density at radius 2 is 1.85 bits per heavy atom. The molecule has 0 aromatic heterocycles. The van der Waals surface area contributed by atoms with Gasteiger partial charge in [-0.25, -0.2) is 13.1 Å². The summed E-state index contributed by atoms with van der Waals surface area (Å²) in [5, 5.41) is 0. The third kappa shape index (κ3) is 5.47. The minimum atomic E-state index is -3.16. The summed E-state index contributed by atoms with van der Waals surface area (Å²) in [6, 6.07) is 9.73. The van der Waals surface area contributed by atoms with Crippen LogP contribution in [0.2, 0.25) is 0 Å². The van der Waals surface area contributed by atoms with Gasteiger partial charge in [0, 0.05) is 6.54 Å². The number of benzene rings is 1. The molecule has 0 spiro atoms. The monoisotopic (exact) mass is 293 g/mol. The zero-order chi connectivity index (χ0) is 14.3. The molecular weight excluding hydrogens is 270 g/mol. The number of hydrogen-bond donors (Lipinski definition) is 1. The molecule has 2 rings (SSSR count). The Morgan fingerprint density at radius 1 is 1.05 bits per heavy atom. The number of aryl methyl sites for hydroxylation is 1. The van der Waals surface area contributed by atoms with Gasteiger partial charge in [-0.1, -0.05) is 42.0 Å². The Labute approximate surface area is 122 Å². The second-order valence-corrected chi connectivity index (χ2v) is 7.23. The lowest BCUT2D eigenvalue weighted by molar-refractivity contribution is 0.578. The summed E-state index contributed by atoms with van der Waals surface area (Å²) >= 11 is 0. The molecule has 20 heavy (non-hydrogen) atoms. The van der Waals surface area contributed by atoms with E-state index in [0.717, 1.165) is 24.8 Å². The van der Waals surface area contributed by atoms with Crippen LogP contribution in [0.5, 0.6) is 0 Å². The van der Waals surface area contributed by atoms with E-state index in [1.807, 2.05) is 30.3 Å². The van der Waals surface area contributed by atoms with Crippen LogP contribution < -0.4 is 4.72 Å². The van der Waals surface area contributed by atoms with Gasteiger partial charge in [-0.05, 0) is 44.1 Å². The van der Waals surface area contributed by atoms with E-state index in [4.69, 9.17) is 0 Å². The molecule has 0 fully saturated rings. The molecule has 1 aliphatic rings. The van der Waals surface area contributed by atoms with Gasteiger partial charge in [0.05, 0.1) is 5.75 Å². The van der Waals surface area contributed by atoms with Crippen molar-refractivity contribution in [1.82, 2.24) is 4.72 Å². The van der Waals surface area contributed by atoms with Gasteiger partial charge in [0.25, 0.3) is 0 Å². The van der Waals surface area contributed by atoms with Crippen molar-refractivity contribution in [3.63, 3.8) is 0 Å². The van der Waals surface area contributed by atoms with Crippen molar-refractivity contribution in [1.29, 1.82) is 0 Å². The highest BCUT2D eigenvalue weighted by Crippen LogP contribution is 2.19. The van der Waals surface area contributed by atoms with E-state index < -0.39 is 10.0 Å². The molecule has 3 nitrogen and oxygen atoms in total. The van der Waals surface area contributed by atoms with Crippen LogP contribution in [-0.4, -0.2) is 20.7 Å². The summed E-state index contributed by atoms with van der Waals surface area (Å²) in [7, 11) is -3.16. The van der Waals surface area contributed by atoms with Gasteiger partial charge in [0.2, 0.25) is 10.0 Å². The lowest BCUT2D eigenvalue weighted by Gasteiger charge is -2.13. The average Bonchev–Trinajstić information content (AvgIpc) is 2.47. The Morgan fingerprint density at radius 3 is 2.55 bits per heavy atom. The maximum absolute atomic E-state index is 11.9. The van der Waals surface area contributed by atoms with E-state index in [0.29, 0.717) is 13.0 Å². The number of allylic oxidation sites excluding steroid dienone is 1. The topological polar surface area (TPSA) is 46.2 Å². The van der Waals surface area contributed by atoms with Crippen molar-refractivity contribution < 1.29 is 8.42 Å². The van der Waals surface area contributed by atoms with Crippen LogP contribution in [-0.2, 0) is 16.4 Å². The third-order valence-electron chi connectivity index (χ3n) is 3.66. The van der Waals surface area contributed by atoms with E-state index in [1.54, 1.807) is 0 Å². The molecule has 0 aliphatic heterocycles. The van der Waals surface area contributed by atoms with E-state index in [1.165, 1.54) is 18.4 Å². The molecule has 0 unspecified atom stereocenters. The first kappa shape index (κ1) is 15.3.